The van der Waals surface area contributed by atoms with Crippen LogP contribution in [0.1, 0.15) is 20.3 Å². The predicted octanol–water partition coefficient (Wildman–Crippen LogP) is 1.18. The SMILES string of the molecule is CNC(CC(C)C)CN(C)C. The quantitative estimate of drug-likeness (QED) is 0.646. The fourth-order valence-corrected chi connectivity index (χ4v) is 1.29. The standard InChI is InChI=1S/C9H22N2/c1-8(2)6-9(10-3)7-11(4)5/h8-10H,6-7H2,1-5H3. The Kier molecular flexibility index (Phi) is 5.51. The van der Waals surface area contributed by atoms with Gasteiger partial charge >= 0.3 is 0 Å². The molecule has 0 aromatic carbocycles. The van der Waals surface area contributed by atoms with Crippen molar-refractivity contribution >= 4 is 0 Å². The maximum absolute atomic E-state index is 3.32. The Balaban J connectivity index is 3.58. The number of rotatable bonds is 5. The molecule has 0 aromatic rings. The second-order valence-electron chi connectivity index (χ2n) is 3.88. The van der Waals surface area contributed by atoms with Crippen LogP contribution in [0.5, 0.6) is 0 Å². The highest BCUT2D eigenvalue weighted by molar-refractivity contribution is 4.68. The van der Waals surface area contributed by atoms with Crippen LogP contribution < -0.4 is 5.32 Å². The first-order chi connectivity index (χ1) is 5.06. The van der Waals surface area contributed by atoms with Crippen molar-refractivity contribution in [2.45, 2.75) is 26.3 Å². The zero-order valence-corrected chi connectivity index (χ0v) is 8.52. The zero-order chi connectivity index (χ0) is 8.85. The molecule has 0 amide bonds. The second-order valence-corrected chi connectivity index (χ2v) is 3.88. The van der Waals surface area contributed by atoms with Crippen molar-refractivity contribution in [1.29, 1.82) is 0 Å². The van der Waals surface area contributed by atoms with Crippen molar-refractivity contribution < 1.29 is 0 Å². The molecule has 2 heteroatoms. The van der Waals surface area contributed by atoms with Gasteiger partial charge in [0.15, 0.2) is 0 Å². The van der Waals surface area contributed by atoms with E-state index in [1.165, 1.54) is 6.42 Å². The highest BCUT2D eigenvalue weighted by atomic mass is 15.1. The van der Waals surface area contributed by atoms with Crippen LogP contribution >= 0.6 is 0 Å². The lowest BCUT2D eigenvalue weighted by Gasteiger charge is -2.21. The molecular weight excluding hydrogens is 136 g/mol. The van der Waals surface area contributed by atoms with Gasteiger partial charge in [-0.2, -0.15) is 0 Å². The van der Waals surface area contributed by atoms with Crippen molar-refractivity contribution in [3.8, 4) is 0 Å². The summed E-state index contributed by atoms with van der Waals surface area (Å²) in [5.41, 5.74) is 0. The van der Waals surface area contributed by atoms with Crippen molar-refractivity contribution in [1.82, 2.24) is 10.2 Å². The van der Waals surface area contributed by atoms with Crippen LogP contribution in [0.4, 0.5) is 0 Å². The van der Waals surface area contributed by atoms with Crippen molar-refractivity contribution in [3.63, 3.8) is 0 Å². The Morgan fingerprint density at radius 3 is 2.09 bits per heavy atom. The van der Waals surface area contributed by atoms with E-state index in [0.29, 0.717) is 6.04 Å². The van der Waals surface area contributed by atoms with E-state index >= 15 is 0 Å². The number of hydrogen-bond donors (Lipinski definition) is 1. The molecular formula is C9H22N2. The minimum Gasteiger partial charge on any atom is -0.316 e. The third kappa shape index (κ3) is 6.32. The lowest BCUT2D eigenvalue weighted by Crippen LogP contribution is -2.36. The Bertz CT molecular complexity index is 79.6. The van der Waals surface area contributed by atoms with E-state index in [2.05, 4.69) is 38.2 Å². The minimum atomic E-state index is 0.644. The van der Waals surface area contributed by atoms with Crippen LogP contribution in [0.25, 0.3) is 0 Å². The fraction of sp³-hybridized carbons (Fsp3) is 1.00. The molecule has 0 rings (SSSR count). The summed E-state index contributed by atoms with van der Waals surface area (Å²) in [6.07, 6.45) is 1.26. The van der Waals surface area contributed by atoms with Crippen LogP contribution in [-0.2, 0) is 0 Å². The summed E-state index contributed by atoms with van der Waals surface area (Å²) < 4.78 is 0. The summed E-state index contributed by atoms with van der Waals surface area (Å²) in [4.78, 5) is 2.23. The number of hydrogen-bond acceptors (Lipinski definition) is 2. The van der Waals surface area contributed by atoms with Crippen LogP contribution in [0, 0.1) is 5.92 Å². The molecule has 1 N–H and O–H groups in total. The topological polar surface area (TPSA) is 15.3 Å². The first kappa shape index (κ1) is 10.9. The van der Waals surface area contributed by atoms with Gasteiger partial charge in [-0.05, 0) is 33.5 Å². The van der Waals surface area contributed by atoms with Crippen LogP contribution in [0.3, 0.4) is 0 Å². The smallest absolute Gasteiger partial charge is 0.0194 e. The first-order valence-corrected chi connectivity index (χ1v) is 4.38. The molecule has 2 nitrogen and oxygen atoms in total. The maximum atomic E-state index is 3.32. The molecule has 0 aliphatic carbocycles. The largest absolute Gasteiger partial charge is 0.316 e. The summed E-state index contributed by atoms with van der Waals surface area (Å²) in [5, 5.41) is 3.32. The molecule has 0 fully saturated rings. The summed E-state index contributed by atoms with van der Waals surface area (Å²) in [6.45, 7) is 5.66. The van der Waals surface area contributed by atoms with Gasteiger partial charge in [-0.25, -0.2) is 0 Å². The van der Waals surface area contributed by atoms with Gasteiger partial charge < -0.3 is 10.2 Å². The van der Waals surface area contributed by atoms with E-state index < -0.39 is 0 Å². The lowest BCUT2D eigenvalue weighted by molar-refractivity contribution is 0.317. The highest BCUT2D eigenvalue weighted by Crippen LogP contribution is 2.04. The van der Waals surface area contributed by atoms with Crippen LogP contribution in [0.15, 0.2) is 0 Å². The average Bonchev–Trinajstić information content (AvgIpc) is 1.84. The van der Waals surface area contributed by atoms with E-state index in [0.717, 1.165) is 12.5 Å². The van der Waals surface area contributed by atoms with Gasteiger partial charge in [0, 0.05) is 12.6 Å². The molecule has 0 aliphatic rings. The Hall–Kier alpha value is -0.0800. The molecule has 0 bridgehead atoms. The van der Waals surface area contributed by atoms with Crippen molar-refractivity contribution in [3.05, 3.63) is 0 Å². The van der Waals surface area contributed by atoms with Crippen molar-refractivity contribution in [2.75, 3.05) is 27.7 Å². The highest BCUT2D eigenvalue weighted by Gasteiger charge is 2.08. The molecule has 0 saturated carbocycles. The van der Waals surface area contributed by atoms with E-state index in [4.69, 9.17) is 0 Å². The third-order valence-electron chi connectivity index (χ3n) is 1.75. The maximum Gasteiger partial charge on any atom is 0.0194 e. The van der Waals surface area contributed by atoms with Crippen molar-refractivity contribution in [2.24, 2.45) is 5.92 Å². The number of nitrogens with one attached hydrogen (secondary N) is 1. The molecule has 0 radical (unpaired) electrons. The van der Waals surface area contributed by atoms with Gasteiger partial charge in [0.2, 0.25) is 0 Å². The molecule has 1 unspecified atom stereocenters. The molecule has 0 aromatic heterocycles. The molecule has 0 saturated heterocycles. The Labute approximate surface area is 71.0 Å². The fourth-order valence-electron chi connectivity index (χ4n) is 1.29. The minimum absolute atomic E-state index is 0.644. The summed E-state index contributed by atoms with van der Waals surface area (Å²) in [6, 6.07) is 0.644. The second kappa shape index (κ2) is 5.56. The van der Waals surface area contributed by atoms with Gasteiger partial charge in [-0.15, -0.1) is 0 Å². The molecule has 0 spiro atoms. The molecule has 0 heterocycles. The predicted molar refractivity (Wildman–Crippen MR) is 50.9 cm³/mol. The monoisotopic (exact) mass is 158 g/mol. The van der Waals surface area contributed by atoms with Gasteiger partial charge in [0.05, 0.1) is 0 Å². The molecule has 0 aliphatic heterocycles. The van der Waals surface area contributed by atoms with Gasteiger partial charge in [-0.1, -0.05) is 13.8 Å². The first-order valence-electron chi connectivity index (χ1n) is 4.38. The van der Waals surface area contributed by atoms with Crippen LogP contribution in [0.2, 0.25) is 0 Å². The average molecular weight is 158 g/mol. The third-order valence-corrected chi connectivity index (χ3v) is 1.75. The zero-order valence-electron chi connectivity index (χ0n) is 8.52. The number of likely N-dealkylation sites (N-methyl/N-ethyl adjacent to an activating group) is 2. The van der Waals surface area contributed by atoms with E-state index in [9.17, 15) is 0 Å². The summed E-state index contributed by atoms with van der Waals surface area (Å²) in [7, 11) is 6.27. The summed E-state index contributed by atoms with van der Waals surface area (Å²) in [5.74, 6) is 0.785. The van der Waals surface area contributed by atoms with E-state index in [1.54, 1.807) is 0 Å². The molecule has 1 atom stereocenters. The van der Waals surface area contributed by atoms with Crippen LogP contribution in [-0.4, -0.2) is 38.6 Å². The lowest BCUT2D eigenvalue weighted by atomic mass is 10.0. The van der Waals surface area contributed by atoms with E-state index in [1.807, 2.05) is 7.05 Å². The number of nitrogens with zero attached hydrogens (tertiary/aromatic N) is 1. The van der Waals surface area contributed by atoms with Gasteiger partial charge in [0.25, 0.3) is 0 Å². The molecule has 68 valence electrons. The van der Waals surface area contributed by atoms with Gasteiger partial charge in [-0.3, -0.25) is 0 Å². The normalized spacial score (nSPS) is 14.5. The van der Waals surface area contributed by atoms with E-state index in [-0.39, 0.29) is 0 Å². The molecule has 11 heavy (non-hydrogen) atoms. The Morgan fingerprint density at radius 1 is 1.27 bits per heavy atom. The van der Waals surface area contributed by atoms with Gasteiger partial charge in [0.1, 0.15) is 0 Å². The Morgan fingerprint density at radius 2 is 1.82 bits per heavy atom. The summed E-state index contributed by atoms with van der Waals surface area (Å²) >= 11 is 0.